The van der Waals surface area contributed by atoms with Crippen LogP contribution in [0.4, 0.5) is 0 Å². The first-order valence-electron chi connectivity index (χ1n) is 4.54. The monoisotopic (exact) mass is 217 g/mol. The van der Waals surface area contributed by atoms with Crippen molar-refractivity contribution in [3.63, 3.8) is 0 Å². The maximum absolute atomic E-state index is 10.2. The third-order valence-electron chi connectivity index (χ3n) is 2.27. The van der Waals surface area contributed by atoms with Crippen LogP contribution in [0.25, 0.3) is 0 Å². The molecule has 0 bridgehead atoms. The van der Waals surface area contributed by atoms with E-state index in [2.05, 4.69) is 10.4 Å². The lowest BCUT2D eigenvalue weighted by atomic mass is 9.98. The van der Waals surface area contributed by atoms with E-state index in [0.717, 1.165) is 6.54 Å². The van der Waals surface area contributed by atoms with E-state index in [1.165, 1.54) is 0 Å². The van der Waals surface area contributed by atoms with Crippen molar-refractivity contribution in [3.05, 3.63) is 16.9 Å². The summed E-state index contributed by atoms with van der Waals surface area (Å²) in [6, 6.07) is 0. The lowest BCUT2D eigenvalue weighted by Gasteiger charge is -2.23. The minimum absolute atomic E-state index is 0.508. The van der Waals surface area contributed by atoms with Gasteiger partial charge in [-0.05, 0) is 26.9 Å². The van der Waals surface area contributed by atoms with Crippen molar-refractivity contribution in [1.29, 1.82) is 0 Å². The summed E-state index contributed by atoms with van der Waals surface area (Å²) in [5.74, 6) is 0. The molecule has 2 N–H and O–H groups in total. The molecule has 1 unspecified atom stereocenters. The molecule has 1 aromatic heterocycles. The number of aromatic nitrogens is 2. The molecular weight excluding hydrogens is 202 g/mol. The fourth-order valence-electron chi connectivity index (χ4n) is 1.50. The number of halogens is 1. The third kappa shape index (κ3) is 2.26. The average molecular weight is 218 g/mol. The Hall–Kier alpha value is -0.580. The van der Waals surface area contributed by atoms with Crippen molar-refractivity contribution in [1.82, 2.24) is 15.1 Å². The molecule has 1 rings (SSSR count). The first kappa shape index (κ1) is 11.5. The predicted octanol–water partition coefficient (Wildman–Crippen LogP) is 0.891. The quantitative estimate of drug-likeness (QED) is 0.788. The molecule has 1 atom stereocenters. The Morgan fingerprint density at radius 1 is 1.71 bits per heavy atom. The van der Waals surface area contributed by atoms with Gasteiger partial charge in [0.05, 0.1) is 16.9 Å². The molecule has 0 amide bonds. The molecule has 0 aliphatic rings. The second kappa shape index (κ2) is 4.29. The summed E-state index contributed by atoms with van der Waals surface area (Å²) in [5, 5.41) is 17.7. The summed E-state index contributed by atoms with van der Waals surface area (Å²) in [6.07, 6.45) is 2.15. The SMILES string of the molecule is CNCCC(C)(O)c1c(Cl)cnn1C. The van der Waals surface area contributed by atoms with Crippen LogP contribution in [-0.4, -0.2) is 28.5 Å². The van der Waals surface area contributed by atoms with Crippen LogP contribution < -0.4 is 5.32 Å². The molecule has 0 saturated carbocycles. The minimum atomic E-state index is -0.939. The van der Waals surface area contributed by atoms with Gasteiger partial charge in [0.15, 0.2) is 0 Å². The van der Waals surface area contributed by atoms with Gasteiger partial charge in [-0.3, -0.25) is 4.68 Å². The highest BCUT2D eigenvalue weighted by atomic mass is 35.5. The van der Waals surface area contributed by atoms with Crippen LogP contribution >= 0.6 is 11.6 Å². The van der Waals surface area contributed by atoms with Gasteiger partial charge in [-0.2, -0.15) is 5.10 Å². The van der Waals surface area contributed by atoms with E-state index in [4.69, 9.17) is 11.6 Å². The van der Waals surface area contributed by atoms with Crippen molar-refractivity contribution in [2.45, 2.75) is 18.9 Å². The molecule has 0 aliphatic heterocycles. The van der Waals surface area contributed by atoms with Crippen LogP contribution in [0, 0.1) is 0 Å². The Kier molecular flexibility index (Phi) is 3.53. The lowest BCUT2D eigenvalue weighted by Crippen LogP contribution is -2.29. The first-order valence-corrected chi connectivity index (χ1v) is 4.92. The van der Waals surface area contributed by atoms with E-state index in [-0.39, 0.29) is 0 Å². The van der Waals surface area contributed by atoms with Crippen molar-refractivity contribution < 1.29 is 5.11 Å². The Bertz CT molecular complexity index is 290. The molecule has 0 fully saturated rings. The highest BCUT2D eigenvalue weighted by molar-refractivity contribution is 6.31. The molecule has 1 aromatic rings. The first-order chi connectivity index (χ1) is 6.49. The molecule has 0 spiro atoms. The zero-order chi connectivity index (χ0) is 10.8. The zero-order valence-electron chi connectivity index (χ0n) is 8.71. The maximum Gasteiger partial charge on any atom is 0.106 e. The molecule has 5 heteroatoms. The largest absolute Gasteiger partial charge is 0.384 e. The van der Waals surface area contributed by atoms with Gasteiger partial charge >= 0.3 is 0 Å². The summed E-state index contributed by atoms with van der Waals surface area (Å²) >= 11 is 5.94. The fraction of sp³-hybridized carbons (Fsp3) is 0.667. The summed E-state index contributed by atoms with van der Waals surface area (Å²) in [7, 11) is 3.62. The van der Waals surface area contributed by atoms with Crippen molar-refractivity contribution in [2.75, 3.05) is 13.6 Å². The fourth-order valence-corrected chi connectivity index (χ4v) is 1.87. The standard InChI is InChI=1S/C9H16ClN3O/c1-9(14,4-5-11-2)8-7(10)6-12-13(8)3/h6,11,14H,4-5H2,1-3H3. The van der Waals surface area contributed by atoms with Gasteiger partial charge in [-0.25, -0.2) is 0 Å². The van der Waals surface area contributed by atoms with Crippen molar-refractivity contribution in [2.24, 2.45) is 7.05 Å². The minimum Gasteiger partial charge on any atom is -0.384 e. The number of hydrogen-bond acceptors (Lipinski definition) is 3. The normalized spacial score (nSPS) is 15.5. The van der Waals surface area contributed by atoms with E-state index in [1.54, 1.807) is 24.9 Å². The van der Waals surface area contributed by atoms with E-state index >= 15 is 0 Å². The van der Waals surface area contributed by atoms with Crippen LogP contribution in [-0.2, 0) is 12.6 Å². The van der Waals surface area contributed by atoms with Crippen molar-refractivity contribution >= 4 is 11.6 Å². The molecule has 80 valence electrons. The maximum atomic E-state index is 10.2. The Balaban J connectivity index is 2.90. The van der Waals surface area contributed by atoms with Crippen LogP contribution in [0.1, 0.15) is 19.0 Å². The Morgan fingerprint density at radius 3 is 2.79 bits per heavy atom. The summed E-state index contributed by atoms with van der Waals surface area (Å²) in [6.45, 7) is 2.47. The smallest absolute Gasteiger partial charge is 0.106 e. The number of nitrogens with one attached hydrogen (secondary N) is 1. The van der Waals surface area contributed by atoms with E-state index in [1.807, 2.05) is 7.05 Å². The predicted molar refractivity (Wildman–Crippen MR) is 56.3 cm³/mol. The van der Waals surface area contributed by atoms with Crippen LogP contribution in [0.2, 0.25) is 5.02 Å². The van der Waals surface area contributed by atoms with E-state index < -0.39 is 5.60 Å². The molecule has 0 aliphatic carbocycles. The Labute approximate surface area is 88.9 Å². The second-order valence-corrected chi connectivity index (χ2v) is 4.00. The van der Waals surface area contributed by atoms with Gasteiger partial charge in [0, 0.05) is 7.05 Å². The molecule has 1 heterocycles. The average Bonchev–Trinajstić information content (AvgIpc) is 2.43. The molecule has 4 nitrogen and oxygen atoms in total. The Morgan fingerprint density at radius 2 is 2.36 bits per heavy atom. The van der Waals surface area contributed by atoms with Crippen LogP contribution in [0.3, 0.4) is 0 Å². The molecule has 0 radical (unpaired) electrons. The van der Waals surface area contributed by atoms with E-state index in [9.17, 15) is 5.11 Å². The van der Waals surface area contributed by atoms with Gasteiger partial charge < -0.3 is 10.4 Å². The van der Waals surface area contributed by atoms with Gasteiger partial charge in [-0.1, -0.05) is 11.6 Å². The third-order valence-corrected chi connectivity index (χ3v) is 2.54. The molecule has 0 saturated heterocycles. The highest BCUT2D eigenvalue weighted by Gasteiger charge is 2.28. The zero-order valence-corrected chi connectivity index (χ0v) is 9.47. The number of aliphatic hydroxyl groups is 1. The number of nitrogens with zero attached hydrogens (tertiary/aromatic N) is 2. The van der Waals surface area contributed by atoms with Gasteiger partial charge in [0.2, 0.25) is 0 Å². The summed E-state index contributed by atoms with van der Waals surface area (Å²) < 4.78 is 1.61. The number of rotatable bonds is 4. The van der Waals surface area contributed by atoms with Gasteiger partial charge in [-0.15, -0.1) is 0 Å². The number of hydrogen-bond donors (Lipinski definition) is 2. The van der Waals surface area contributed by atoms with Crippen molar-refractivity contribution in [3.8, 4) is 0 Å². The van der Waals surface area contributed by atoms with Crippen LogP contribution in [0.15, 0.2) is 6.20 Å². The topological polar surface area (TPSA) is 50.1 Å². The van der Waals surface area contributed by atoms with Gasteiger partial charge in [0.1, 0.15) is 5.60 Å². The molecule has 0 aromatic carbocycles. The summed E-state index contributed by atoms with van der Waals surface area (Å²) in [5.41, 5.74) is -0.278. The highest BCUT2D eigenvalue weighted by Crippen LogP contribution is 2.29. The van der Waals surface area contributed by atoms with Crippen LogP contribution in [0.5, 0.6) is 0 Å². The van der Waals surface area contributed by atoms with Gasteiger partial charge in [0.25, 0.3) is 0 Å². The molecule has 14 heavy (non-hydrogen) atoms. The molecular formula is C9H16ClN3O. The number of aryl methyl sites for hydroxylation is 1. The lowest BCUT2D eigenvalue weighted by molar-refractivity contribution is 0.0402. The summed E-state index contributed by atoms with van der Waals surface area (Å²) in [4.78, 5) is 0. The second-order valence-electron chi connectivity index (χ2n) is 3.59. The van der Waals surface area contributed by atoms with E-state index in [0.29, 0.717) is 17.1 Å².